The van der Waals surface area contributed by atoms with Gasteiger partial charge in [0.2, 0.25) is 0 Å². The zero-order valence-corrected chi connectivity index (χ0v) is 29.3. The van der Waals surface area contributed by atoms with Crippen molar-refractivity contribution in [3.8, 4) is 22.3 Å². The number of benzene rings is 5. The van der Waals surface area contributed by atoms with Gasteiger partial charge in [-0.3, -0.25) is 0 Å². The standard InChI is InChI=1S/C47H41OP/c1-4-41-42-24-10-11-25-43(42)44-26-14-21-37(46(41)44)32-47(2)28-27-40(31-45(47)48-3)49(39-23-13-20-36(30-39)34-17-8-9-18-34)38-22-12-19-35(29-38)33-15-6-5-7-16-33/h4-17,19-30,40,45H,31-32H2,1-3H3/b41-4-/t40?,45?,47-,49?/m0/s1. The Bertz CT molecular complexity index is 2190. The van der Waals surface area contributed by atoms with E-state index in [1.54, 1.807) is 0 Å². The maximum Gasteiger partial charge on any atom is 0.0671 e. The number of methoxy groups -OCH3 is 1. The fraction of sp³-hybridized carbons (Fsp3) is 0.170. The summed E-state index contributed by atoms with van der Waals surface area (Å²) in [4.78, 5) is 0. The van der Waals surface area contributed by atoms with Gasteiger partial charge < -0.3 is 4.74 Å². The van der Waals surface area contributed by atoms with Crippen molar-refractivity contribution >= 4 is 29.7 Å². The van der Waals surface area contributed by atoms with Gasteiger partial charge in [-0.25, -0.2) is 0 Å². The van der Waals surface area contributed by atoms with Gasteiger partial charge in [0, 0.05) is 23.8 Å². The lowest BCUT2D eigenvalue weighted by molar-refractivity contribution is 0.0132. The molecule has 1 nitrogen and oxygen atoms in total. The Labute approximate surface area is 292 Å². The topological polar surface area (TPSA) is 9.23 Å². The molecule has 0 amide bonds. The number of hydrogen-bond donors (Lipinski definition) is 0. The molecule has 0 N–H and O–H groups in total. The van der Waals surface area contributed by atoms with Gasteiger partial charge in [-0.1, -0.05) is 140 Å². The lowest BCUT2D eigenvalue weighted by Gasteiger charge is -2.42. The summed E-state index contributed by atoms with van der Waals surface area (Å²) in [6.07, 6.45) is 15.5. The second kappa shape index (κ2) is 13.3. The van der Waals surface area contributed by atoms with E-state index < -0.39 is 7.92 Å². The molecule has 4 atom stereocenters. The smallest absolute Gasteiger partial charge is 0.0671 e. The van der Waals surface area contributed by atoms with Crippen molar-refractivity contribution < 1.29 is 4.74 Å². The molecule has 8 rings (SSSR count). The fourth-order valence-corrected chi connectivity index (χ4v) is 10.9. The van der Waals surface area contributed by atoms with Crippen molar-refractivity contribution in [2.24, 2.45) is 5.41 Å². The number of fused-ring (bicyclic) bond motifs is 3. The Morgan fingerprint density at radius 2 is 1.45 bits per heavy atom. The van der Waals surface area contributed by atoms with E-state index in [9.17, 15) is 0 Å². The normalized spacial score (nSPS) is 21.9. The van der Waals surface area contributed by atoms with Crippen LogP contribution in [0.3, 0.4) is 0 Å². The minimum atomic E-state index is -0.736. The molecule has 0 saturated carbocycles. The highest BCUT2D eigenvalue weighted by Crippen LogP contribution is 2.51. The second-order valence-electron chi connectivity index (χ2n) is 13.6. The van der Waals surface area contributed by atoms with Crippen LogP contribution in [0.5, 0.6) is 0 Å². The first kappa shape index (κ1) is 31.5. The number of allylic oxidation sites excluding steroid dienone is 5. The number of rotatable bonds is 8. The monoisotopic (exact) mass is 652 g/mol. The summed E-state index contributed by atoms with van der Waals surface area (Å²) in [7, 11) is 1.17. The van der Waals surface area contributed by atoms with E-state index in [2.05, 4.69) is 171 Å². The summed E-state index contributed by atoms with van der Waals surface area (Å²) in [6.45, 7) is 4.57. The molecule has 0 bridgehead atoms. The highest BCUT2D eigenvalue weighted by molar-refractivity contribution is 7.73. The van der Waals surface area contributed by atoms with Gasteiger partial charge in [-0.05, 0) is 113 Å². The van der Waals surface area contributed by atoms with Crippen LogP contribution in [-0.2, 0) is 11.2 Å². The number of hydrogen-bond acceptors (Lipinski definition) is 1. The van der Waals surface area contributed by atoms with Crippen molar-refractivity contribution in [3.05, 3.63) is 186 Å². The molecule has 49 heavy (non-hydrogen) atoms. The second-order valence-corrected chi connectivity index (χ2v) is 16.0. The lowest BCUT2D eigenvalue weighted by Crippen LogP contribution is -2.41. The van der Waals surface area contributed by atoms with Crippen LogP contribution in [0.2, 0.25) is 0 Å². The van der Waals surface area contributed by atoms with Gasteiger partial charge in [-0.2, -0.15) is 0 Å². The van der Waals surface area contributed by atoms with Crippen LogP contribution in [0.4, 0.5) is 0 Å². The van der Waals surface area contributed by atoms with Gasteiger partial charge in [0.1, 0.15) is 0 Å². The highest BCUT2D eigenvalue weighted by Gasteiger charge is 2.41. The molecule has 0 aromatic heterocycles. The van der Waals surface area contributed by atoms with Crippen molar-refractivity contribution in [3.63, 3.8) is 0 Å². The molecule has 5 aromatic carbocycles. The summed E-state index contributed by atoms with van der Waals surface area (Å²) < 4.78 is 6.48. The van der Waals surface area contributed by atoms with E-state index in [4.69, 9.17) is 4.74 Å². The average Bonchev–Trinajstić information content (AvgIpc) is 3.81. The van der Waals surface area contributed by atoms with E-state index in [1.807, 2.05) is 13.2 Å². The van der Waals surface area contributed by atoms with Gasteiger partial charge in [0.15, 0.2) is 0 Å². The summed E-state index contributed by atoms with van der Waals surface area (Å²) >= 11 is 0. The Kier molecular flexibility index (Phi) is 8.53. The predicted octanol–water partition coefficient (Wildman–Crippen LogP) is 10.9. The third kappa shape index (κ3) is 5.83. The van der Waals surface area contributed by atoms with Crippen LogP contribution < -0.4 is 10.6 Å². The van der Waals surface area contributed by atoms with E-state index in [1.165, 1.54) is 60.7 Å². The first-order valence-electron chi connectivity index (χ1n) is 17.4. The summed E-state index contributed by atoms with van der Waals surface area (Å²) in [5.74, 6) is 0. The molecule has 0 saturated heterocycles. The highest BCUT2D eigenvalue weighted by atomic mass is 31.1. The van der Waals surface area contributed by atoms with E-state index in [0.717, 1.165) is 18.4 Å². The molecule has 0 radical (unpaired) electrons. The summed E-state index contributed by atoms with van der Waals surface area (Å²) in [5, 5.41) is 2.78. The summed E-state index contributed by atoms with van der Waals surface area (Å²) in [5.41, 5.74) is 16.6. The van der Waals surface area contributed by atoms with Crippen molar-refractivity contribution in [1.82, 2.24) is 0 Å². The van der Waals surface area contributed by atoms with Crippen LogP contribution in [0, 0.1) is 5.41 Å². The van der Waals surface area contributed by atoms with Crippen LogP contribution in [0.15, 0.2) is 164 Å². The maximum absolute atomic E-state index is 6.48. The molecule has 3 aliphatic carbocycles. The minimum absolute atomic E-state index is 0.0742. The zero-order valence-electron chi connectivity index (χ0n) is 28.4. The molecule has 0 heterocycles. The molecular weight excluding hydrogens is 611 g/mol. The van der Waals surface area contributed by atoms with Crippen molar-refractivity contribution in [1.29, 1.82) is 0 Å². The number of ether oxygens (including phenoxy) is 1. The van der Waals surface area contributed by atoms with E-state index >= 15 is 0 Å². The maximum atomic E-state index is 6.48. The molecule has 0 spiro atoms. The lowest BCUT2D eigenvalue weighted by atomic mass is 9.72. The molecule has 3 unspecified atom stereocenters. The van der Waals surface area contributed by atoms with Gasteiger partial charge in [0.25, 0.3) is 0 Å². The molecule has 240 valence electrons. The Hall–Kier alpha value is -4.77. The third-order valence-corrected chi connectivity index (χ3v) is 13.3. The van der Waals surface area contributed by atoms with Crippen LogP contribution in [0.25, 0.3) is 33.4 Å². The molecule has 0 aliphatic heterocycles. The molecule has 2 heteroatoms. The van der Waals surface area contributed by atoms with Crippen molar-refractivity contribution in [2.75, 3.05) is 7.11 Å². The van der Waals surface area contributed by atoms with Crippen molar-refractivity contribution in [2.45, 2.75) is 38.5 Å². The van der Waals surface area contributed by atoms with E-state index in [0.29, 0.717) is 5.66 Å². The van der Waals surface area contributed by atoms with E-state index in [-0.39, 0.29) is 11.5 Å². The van der Waals surface area contributed by atoms with Gasteiger partial charge >= 0.3 is 0 Å². The van der Waals surface area contributed by atoms with Gasteiger partial charge in [0.05, 0.1) is 6.10 Å². The van der Waals surface area contributed by atoms with Crippen LogP contribution in [0.1, 0.15) is 42.5 Å². The Morgan fingerprint density at radius 1 is 0.776 bits per heavy atom. The molecule has 0 fully saturated rings. The summed E-state index contributed by atoms with van der Waals surface area (Å²) in [6, 6.07) is 44.8. The molecule has 3 aliphatic rings. The predicted molar refractivity (Wildman–Crippen MR) is 210 cm³/mol. The minimum Gasteiger partial charge on any atom is -0.381 e. The molecular formula is C47H41OP. The quantitative estimate of drug-likeness (QED) is 0.0903. The zero-order chi connectivity index (χ0) is 33.4. The van der Waals surface area contributed by atoms with Crippen LogP contribution in [-0.4, -0.2) is 18.9 Å². The SMILES string of the molecule is C/C=C1/c2ccccc2-c2cccc(C[C@]3(C)C=CC(P(c4cccc(C5=C=CC=C5)c4)c4cccc(-c5ccccc5)c4)CC3OC)c21. The molecule has 5 aromatic rings. The Balaban J connectivity index is 1.19. The largest absolute Gasteiger partial charge is 0.381 e. The van der Waals surface area contributed by atoms with Gasteiger partial charge in [-0.15, -0.1) is 5.73 Å². The Morgan fingerprint density at radius 3 is 2.18 bits per heavy atom. The van der Waals surface area contributed by atoms with Crippen LogP contribution >= 0.6 is 7.92 Å². The first-order chi connectivity index (χ1) is 24.1. The third-order valence-electron chi connectivity index (χ3n) is 10.6. The average molecular weight is 653 g/mol. The first-order valence-corrected chi connectivity index (χ1v) is 18.8. The fourth-order valence-electron chi connectivity index (χ4n) is 8.15.